The Bertz CT molecular complexity index is 485. The molecule has 1 aromatic carbocycles. The van der Waals surface area contributed by atoms with E-state index in [1.54, 1.807) is 0 Å². The number of rotatable bonds is 6. The van der Waals surface area contributed by atoms with Gasteiger partial charge in [0, 0.05) is 13.1 Å². The van der Waals surface area contributed by atoms with Crippen molar-refractivity contribution in [3.8, 4) is 0 Å². The molecule has 4 heteroatoms. The third-order valence-corrected chi connectivity index (χ3v) is 3.27. The van der Waals surface area contributed by atoms with Crippen LogP contribution in [0.1, 0.15) is 24.1 Å². The van der Waals surface area contributed by atoms with Crippen LogP contribution < -0.4 is 10.6 Å². The van der Waals surface area contributed by atoms with Crippen molar-refractivity contribution in [1.29, 1.82) is 0 Å². The average Bonchev–Trinajstić information content (AvgIpc) is 2.45. The summed E-state index contributed by atoms with van der Waals surface area (Å²) in [5.74, 6) is 0.0103. The van der Waals surface area contributed by atoms with Crippen molar-refractivity contribution >= 4 is 5.91 Å². The lowest BCUT2D eigenvalue weighted by atomic mass is 9.94. The maximum atomic E-state index is 12.2. The van der Waals surface area contributed by atoms with E-state index in [1.165, 1.54) is 5.56 Å². The first-order valence-electron chi connectivity index (χ1n) is 6.99. The number of ether oxygens (including phenoxy) is 1. The molecule has 1 heterocycles. The number of amides is 1. The van der Waals surface area contributed by atoms with Crippen molar-refractivity contribution < 1.29 is 9.53 Å². The molecule has 2 N–H and O–H groups in total. The zero-order valence-electron chi connectivity index (χ0n) is 11.9. The molecule has 4 nitrogen and oxygen atoms in total. The van der Waals surface area contributed by atoms with Gasteiger partial charge in [-0.25, -0.2) is 0 Å². The Morgan fingerprint density at radius 1 is 1.50 bits per heavy atom. The molecule has 0 saturated carbocycles. The smallest absolute Gasteiger partial charge is 0.241 e. The molecule has 1 aliphatic heterocycles. The van der Waals surface area contributed by atoms with Gasteiger partial charge in [0.05, 0.1) is 13.2 Å². The summed E-state index contributed by atoms with van der Waals surface area (Å²) in [4.78, 5) is 12.2. The normalized spacial score (nSPS) is 17.4. The van der Waals surface area contributed by atoms with Crippen molar-refractivity contribution in [2.45, 2.75) is 19.4 Å². The molecule has 1 unspecified atom stereocenters. The Kier molecular flexibility index (Phi) is 5.32. The second kappa shape index (κ2) is 7.22. The van der Waals surface area contributed by atoms with Crippen molar-refractivity contribution in [3.05, 3.63) is 47.5 Å². The van der Waals surface area contributed by atoms with Gasteiger partial charge in [-0.05, 0) is 24.5 Å². The largest absolute Gasteiger partial charge is 0.375 e. The van der Waals surface area contributed by atoms with Gasteiger partial charge in [-0.1, -0.05) is 36.4 Å². The van der Waals surface area contributed by atoms with Gasteiger partial charge in [-0.15, -0.1) is 0 Å². The van der Waals surface area contributed by atoms with Crippen LogP contribution in [0.15, 0.2) is 36.4 Å². The van der Waals surface area contributed by atoms with Crippen molar-refractivity contribution in [2.24, 2.45) is 0 Å². The Labute approximate surface area is 120 Å². The Morgan fingerprint density at radius 3 is 3.10 bits per heavy atom. The third-order valence-electron chi connectivity index (χ3n) is 3.27. The lowest BCUT2D eigenvalue weighted by Crippen LogP contribution is -2.42. The van der Waals surface area contributed by atoms with Gasteiger partial charge in [-0.2, -0.15) is 0 Å². The number of fused-ring (bicyclic) bond motifs is 1. The molecule has 108 valence electrons. The summed E-state index contributed by atoms with van der Waals surface area (Å²) in [5, 5.41) is 6.18. The molecule has 20 heavy (non-hydrogen) atoms. The predicted molar refractivity (Wildman–Crippen MR) is 79.5 cm³/mol. The fourth-order valence-corrected chi connectivity index (χ4v) is 2.33. The van der Waals surface area contributed by atoms with Crippen LogP contribution in [0.4, 0.5) is 0 Å². The van der Waals surface area contributed by atoms with Gasteiger partial charge in [0.25, 0.3) is 0 Å². The van der Waals surface area contributed by atoms with Gasteiger partial charge < -0.3 is 15.4 Å². The highest BCUT2D eigenvalue weighted by atomic mass is 16.5. The second-order valence-electron chi connectivity index (χ2n) is 5.14. The lowest BCUT2D eigenvalue weighted by molar-refractivity contribution is -0.123. The average molecular weight is 274 g/mol. The van der Waals surface area contributed by atoms with Gasteiger partial charge in [0.15, 0.2) is 0 Å². The van der Waals surface area contributed by atoms with Gasteiger partial charge >= 0.3 is 0 Å². The number of hydrogen-bond acceptors (Lipinski definition) is 3. The molecular formula is C16H22N2O2. The van der Waals surface area contributed by atoms with E-state index in [0.29, 0.717) is 19.8 Å². The molecule has 0 aliphatic carbocycles. The SMILES string of the molecule is C=C(C)COCCNC(=O)C1NCCc2ccccc21. The van der Waals surface area contributed by atoms with Crippen LogP contribution in [0.2, 0.25) is 0 Å². The van der Waals surface area contributed by atoms with E-state index in [4.69, 9.17) is 4.74 Å². The molecule has 1 aromatic rings. The van der Waals surface area contributed by atoms with Crippen molar-refractivity contribution in [3.63, 3.8) is 0 Å². The fourth-order valence-electron chi connectivity index (χ4n) is 2.33. The van der Waals surface area contributed by atoms with Crippen LogP contribution in [0.5, 0.6) is 0 Å². The van der Waals surface area contributed by atoms with E-state index in [1.807, 2.05) is 25.1 Å². The first-order valence-corrected chi connectivity index (χ1v) is 6.99. The van der Waals surface area contributed by atoms with Crippen LogP contribution in [0.25, 0.3) is 0 Å². The minimum atomic E-state index is -0.249. The summed E-state index contributed by atoms with van der Waals surface area (Å²) in [6.45, 7) is 8.09. The first kappa shape index (κ1) is 14.8. The van der Waals surface area contributed by atoms with E-state index < -0.39 is 0 Å². The van der Waals surface area contributed by atoms with E-state index in [0.717, 1.165) is 24.1 Å². The fraction of sp³-hybridized carbons (Fsp3) is 0.438. The second-order valence-corrected chi connectivity index (χ2v) is 5.14. The predicted octanol–water partition coefficient (Wildman–Crippen LogP) is 1.58. The standard InChI is InChI=1S/C16H22N2O2/c1-12(2)11-20-10-9-18-16(19)15-14-6-4-3-5-13(14)7-8-17-15/h3-6,15,17H,1,7-11H2,2H3,(H,18,19). The number of carbonyl (C=O) groups excluding carboxylic acids is 1. The van der Waals surface area contributed by atoms with E-state index >= 15 is 0 Å². The summed E-state index contributed by atoms with van der Waals surface area (Å²) >= 11 is 0. The highest BCUT2D eigenvalue weighted by molar-refractivity contribution is 5.83. The molecule has 0 saturated heterocycles. The summed E-state index contributed by atoms with van der Waals surface area (Å²) in [5.41, 5.74) is 3.32. The van der Waals surface area contributed by atoms with Crippen LogP contribution in [-0.2, 0) is 16.0 Å². The Hall–Kier alpha value is -1.65. The lowest BCUT2D eigenvalue weighted by Gasteiger charge is -2.26. The highest BCUT2D eigenvalue weighted by Gasteiger charge is 2.25. The van der Waals surface area contributed by atoms with E-state index in [2.05, 4.69) is 23.3 Å². The monoisotopic (exact) mass is 274 g/mol. The maximum absolute atomic E-state index is 12.2. The Balaban J connectivity index is 1.83. The van der Waals surface area contributed by atoms with Crippen LogP contribution in [0, 0.1) is 0 Å². The molecule has 1 amide bonds. The van der Waals surface area contributed by atoms with Gasteiger partial charge in [0.2, 0.25) is 5.91 Å². The number of nitrogens with one attached hydrogen (secondary N) is 2. The first-order chi connectivity index (χ1) is 9.68. The molecule has 2 rings (SSSR count). The minimum absolute atomic E-state index is 0.0103. The molecule has 0 radical (unpaired) electrons. The topological polar surface area (TPSA) is 50.4 Å². The minimum Gasteiger partial charge on any atom is -0.375 e. The summed E-state index contributed by atoms with van der Waals surface area (Å²) in [7, 11) is 0. The molecule has 0 aromatic heterocycles. The summed E-state index contributed by atoms with van der Waals surface area (Å²) in [6.07, 6.45) is 0.974. The molecular weight excluding hydrogens is 252 g/mol. The molecule has 1 atom stereocenters. The van der Waals surface area contributed by atoms with Gasteiger partial charge in [0.1, 0.15) is 6.04 Å². The van der Waals surface area contributed by atoms with Crippen LogP contribution >= 0.6 is 0 Å². The van der Waals surface area contributed by atoms with Crippen molar-refractivity contribution in [2.75, 3.05) is 26.3 Å². The summed E-state index contributed by atoms with van der Waals surface area (Å²) in [6, 6.07) is 7.85. The van der Waals surface area contributed by atoms with Gasteiger partial charge in [-0.3, -0.25) is 4.79 Å². The van der Waals surface area contributed by atoms with Crippen molar-refractivity contribution in [1.82, 2.24) is 10.6 Å². The maximum Gasteiger partial charge on any atom is 0.241 e. The third kappa shape index (κ3) is 3.92. The number of carbonyl (C=O) groups is 1. The molecule has 1 aliphatic rings. The Morgan fingerprint density at radius 2 is 2.30 bits per heavy atom. The van der Waals surface area contributed by atoms with Crippen LogP contribution in [0.3, 0.4) is 0 Å². The summed E-state index contributed by atoms with van der Waals surface area (Å²) < 4.78 is 5.37. The molecule has 0 spiro atoms. The van der Waals surface area contributed by atoms with E-state index in [-0.39, 0.29) is 11.9 Å². The highest BCUT2D eigenvalue weighted by Crippen LogP contribution is 2.22. The number of benzene rings is 1. The molecule has 0 fully saturated rings. The number of hydrogen-bond donors (Lipinski definition) is 2. The quantitative estimate of drug-likeness (QED) is 0.612. The zero-order valence-corrected chi connectivity index (χ0v) is 11.9. The van der Waals surface area contributed by atoms with Crippen LogP contribution in [-0.4, -0.2) is 32.2 Å². The zero-order chi connectivity index (χ0) is 14.4. The van der Waals surface area contributed by atoms with E-state index in [9.17, 15) is 4.79 Å². The molecule has 0 bridgehead atoms.